The van der Waals surface area contributed by atoms with Gasteiger partial charge in [-0.25, -0.2) is 0 Å². The second kappa shape index (κ2) is 3.57. The summed E-state index contributed by atoms with van der Waals surface area (Å²) in [6.07, 6.45) is 3.84. The van der Waals surface area contributed by atoms with Gasteiger partial charge in [-0.15, -0.1) is 0 Å². The van der Waals surface area contributed by atoms with Crippen LogP contribution < -0.4 is 11.1 Å². The summed E-state index contributed by atoms with van der Waals surface area (Å²) in [5.74, 6) is 0. The van der Waals surface area contributed by atoms with Crippen molar-refractivity contribution in [3.8, 4) is 0 Å². The Morgan fingerprint density at radius 1 is 1.44 bits per heavy atom. The zero-order chi connectivity index (χ0) is 11.2. The molecular weight excluding hydrogens is 196 g/mol. The number of aryl methyl sites for hydroxylation is 1. The fraction of sp³-hybridized carbons (Fsp3) is 0.571. The van der Waals surface area contributed by atoms with Crippen molar-refractivity contribution in [2.75, 3.05) is 6.54 Å². The van der Waals surface area contributed by atoms with Crippen LogP contribution in [0.15, 0.2) is 24.3 Å². The summed E-state index contributed by atoms with van der Waals surface area (Å²) in [4.78, 5) is 0. The van der Waals surface area contributed by atoms with Gasteiger partial charge in [0.25, 0.3) is 0 Å². The highest BCUT2D eigenvalue weighted by molar-refractivity contribution is 5.35. The van der Waals surface area contributed by atoms with Gasteiger partial charge in [0.1, 0.15) is 0 Å². The quantitative estimate of drug-likeness (QED) is 0.790. The molecule has 2 nitrogen and oxygen atoms in total. The molecule has 0 amide bonds. The molecule has 0 spiro atoms. The molecule has 1 aromatic rings. The Labute approximate surface area is 97.2 Å². The third kappa shape index (κ3) is 1.33. The fourth-order valence-corrected chi connectivity index (χ4v) is 3.62. The zero-order valence-corrected chi connectivity index (χ0v) is 9.87. The molecule has 2 heterocycles. The van der Waals surface area contributed by atoms with Crippen LogP contribution in [0.4, 0.5) is 0 Å². The van der Waals surface area contributed by atoms with Crippen LogP contribution in [0.1, 0.15) is 30.4 Å². The van der Waals surface area contributed by atoms with Gasteiger partial charge in [0.2, 0.25) is 0 Å². The summed E-state index contributed by atoms with van der Waals surface area (Å²) in [5.41, 5.74) is 9.08. The zero-order valence-electron chi connectivity index (χ0n) is 9.87. The Kier molecular flexibility index (Phi) is 2.30. The normalized spacial score (nSPS) is 36.9. The third-order valence-electron chi connectivity index (χ3n) is 4.48. The molecule has 0 aliphatic carbocycles. The molecule has 2 aliphatic rings. The molecule has 2 fully saturated rings. The molecule has 1 aromatic carbocycles. The average Bonchev–Trinajstić information content (AvgIpc) is 2.89. The number of nitrogens with one attached hydrogen (secondary N) is 1. The summed E-state index contributed by atoms with van der Waals surface area (Å²) in [6.45, 7) is 2.93. The molecule has 2 heteroatoms. The Hall–Kier alpha value is -0.860. The Bertz CT molecular complexity index is 401. The van der Waals surface area contributed by atoms with Gasteiger partial charge in [-0.3, -0.25) is 0 Å². The summed E-state index contributed by atoms with van der Waals surface area (Å²) < 4.78 is 0. The van der Waals surface area contributed by atoms with Crippen molar-refractivity contribution in [3.05, 3.63) is 35.4 Å². The Balaban J connectivity index is 2.02. The van der Waals surface area contributed by atoms with Gasteiger partial charge >= 0.3 is 0 Å². The number of hydrogen-bond donors (Lipinski definition) is 2. The van der Waals surface area contributed by atoms with Crippen molar-refractivity contribution in [2.24, 2.45) is 5.73 Å². The van der Waals surface area contributed by atoms with Crippen molar-refractivity contribution in [3.63, 3.8) is 0 Å². The lowest BCUT2D eigenvalue weighted by atomic mass is 9.69. The van der Waals surface area contributed by atoms with E-state index in [4.69, 9.17) is 5.73 Å². The molecule has 0 radical (unpaired) electrons. The Morgan fingerprint density at radius 3 is 2.88 bits per heavy atom. The van der Waals surface area contributed by atoms with E-state index in [9.17, 15) is 0 Å². The number of benzene rings is 1. The maximum atomic E-state index is 6.10. The molecule has 86 valence electrons. The standard InChI is InChI=1S/C14H20N2/c1-10-3-2-4-11(7-10)14(9-15)8-12-5-6-13(14)16-12/h2-4,7,12-13,16H,5-6,8-9,15H2,1H3. The van der Waals surface area contributed by atoms with E-state index >= 15 is 0 Å². The largest absolute Gasteiger partial charge is 0.330 e. The predicted octanol–water partition coefficient (Wildman–Crippen LogP) is 1.72. The summed E-state index contributed by atoms with van der Waals surface area (Å²) in [5, 5.41) is 3.71. The molecule has 2 bridgehead atoms. The van der Waals surface area contributed by atoms with Crippen LogP contribution in [0, 0.1) is 6.92 Å². The highest BCUT2D eigenvalue weighted by Crippen LogP contribution is 2.44. The Morgan fingerprint density at radius 2 is 2.31 bits per heavy atom. The number of fused-ring (bicyclic) bond motifs is 2. The fourth-order valence-electron chi connectivity index (χ4n) is 3.62. The molecule has 0 aromatic heterocycles. The smallest absolute Gasteiger partial charge is 0.0244 e. The molecule has 2 aliphatic heterocycles. The van der Waals surface area contributed by atoms with Gasteiger partial charge in [0.05, 0.1) is 0 Å². The second-order valence-corrected chi connectivity index (χ2v) is 5.43. The number of hydrogen-bond acceptors (Lipinski definition) is 2. The van der Waals surface area contributed by atoms with E-state index in [1.165, 1.54) is 30.4 Å². The first-order valence-corrected chi connectivity index (χ1v) is 6.28. The third-order valence-corrected chi connectivity index (χ3v) is 4.48. The van der Waals surface area contributed by atoms with Crippen LogP contribution in [-0.2, 0) is 5.41 Å². The van der Waals surface area contributed by atoms with Crippen molar-refractivity contribution in [2.45, 2.75) is 43.7 Å². The van der Waals surface area contributed by atoms with Crippen LogP contribution >= 0.6 is 0 Å². The van der Waals surface area contributed by atoms with Gasteiger partial charge < -0.3 is 11.1 Å². The summed E-state index contributed by atoms with van der Waals surface area (Å²) >= 11 is 0. The molecule has 16 heavy (non-hydrogen) atoms. The van der Waals surface area contributed by atoms with Crippen LogP contribution in [0.25, 0.3) is 0 Å². The predicted molar refractivity (Wildman–Crippen MR) is 66.5 cm³/mol. The molecule has 3 unspecified atom stereocenters. The van der Waals surface area contributed by atoms with Gasteiger partial charge in [0.15, 0.2) is 0 Å². The minimum absolute atomic E-state index is 0.203. The first kappa shape index (κ1) is 10.3. The highest BCUT2D eigenvalue weighted by Gasteiger charge is 2.50. The minimum atomic E-state index is 0.203. The van der Waals surface area contributed by atoms with E-state index in [0.717, 1.165) is 6.54 Å². The van der Waals surface area contributed by atoms with Gasteiger partial charge in [0, 0.05) is 24.0 Å². The highest BCUT2D eigenvalue weighted by atomic mass is 15.1. The van der Waals surface area contributed by atoms with E-state index in [1.807, 2.05) is 0 Å². The molecule has 2 saturated heterocycles. The minimum Gasteiger partial charge on any atom is -0.330 e. The van der Waals surface area contributed by atoms with E-state index < -0.39 is 0 Å². The van der Waals surface area contributed by atoms with Crippen molar-refractivity contribution >= 4 is 0 Å². The lowest BCUT2D eigenvalue weighted by Crippen LogP contribution is -2.45. The first-order valence-electron chi connectivity index (χ1n) is 6.28. The number of rotatable bonds is 2. The van der Waals surface area contributed by atoms with Crippen molar-refractivity contribution < 1.29 is 0 Å². The van der Waals surface area contributed by atoms with Crippen LogP contribution in [0.2, 0.25) is 0 Å². The maximum absolute atomic E-state index is 6.10. The van der Waals surface area contributed by atoms with Crippen LogP contribution in [0.5, 0.6) is 0 Å². The topological polar surface area (TPSA) is 38.0 Å². The molecule has 0 saturated carbocycles. The van der Waals surface area contributed by atoms with Gasteiger partial charge in [-0.05, 0) is 31.7 Å². The number of nitrogens with two attached hydrogens (primary N) is 1. The summed E-state index contributed by atoms with van der Waals surface area (Å²) in [7, 11) is 0. The van der Waals surface area contributed by atoms with E-state index in [1.54, 1.807) is 0 Å². The van der Waals surface area contributed by atoms with Crippen LogP contribution in [-0.4, -0.2) is 18.6 Å². The lowest BCUT2D eigenvalue weighted by Gasteiger charge is -2.36. The maximum Gasteiger partial charge on any atom is 0.0244 e. The monoisotopic (exact) mass is 216 g/mol. The summed E-state index contributed by atoms with van der Waals surface area (Å²) in [6, 6.07) is 10.2. The molecule has 3 rings (SSSR count). The van der Waals surface area contributed by atoms with E-state index in [2.05, 4.69) is 36.5 Å². The van der Waals surface area contributed by atoms with E-state index in [0.29, 0.717) is 12.1 Å². The van der Waals surface area contributed by atoms with Gasteiger partial charge in [-0.2, -0.15) is 0 Å². The molecule has 3 N–H and O–H groups in total. The van der Waals surface area contributed by atoms with Gasteiger partial charge in [-0.1, -0.05) is 29.8 Å². The van der Waals surface area contributed by atoms with E-state index in [-0.39, 0.29) is 5.41 Å². The van der Waals surface area contributed by atoms with Crippen molar-refractivity contribution in [1.82, 2.24) is 5.32 Å². The SMILES string of the molecule is Cc1cccc(C2(CN)CC3CCC2N3)c1. The average molecular weight is 216 g/mol. The van der Waals surface area contributed by atoms with Crippen molar-refractivity contribution in [1.29, 1.82) is 0 Å². The lowest BCUT2D eigenvalue weighted by molar-refractivity contribution is 0.340. The second-order valence-electron chi connectivity index (χ2n) is 5.43. The molecule has 3 atom stereocenters. The molecular formula is C14H20N2. The van der Waals surface area contributed by atoms with Crippen LogP contribution in [0.3, 0.4) is 0 Å². The first-order chi connectivity index (χ1) is 7.74.